The lowest BCUT2D eigenvalue weighted by molar-refractivity contribution is 0.0851. The Morgan fingerprint density at radius 3 is 2.45 bits per heavy atom. The van der Waals surface area contributed by atoms with Crippen molar-refractivity contribution >= 4 is 0 Å². The van der Waals surface area contributed by atoms with E-state index in [1.54, 1.807) is 0 Å². The molecule has 0 bridgehead atoms. The molecular weight excluding hydrogens is 140 g/mol. The van der Waals surface area contributed by atoms with Crippen LogP contribution in [0.1, 0.15) is 12.8 Å². The minimum Gasteiger partial charge on any atom is -0.389 e. The Morgan fingerprint density at radius 2 is 1.91 bits per heavy atom. The van der Waals surface area contributed by atoms with Gasteiger partial charge in [0.15, 0.2) is 0 Å². The van der Waals surface area contributed by atoms with E-state index in [9.17, 15) is 5.11 Å². The van der Waals surface area contributed by atoms with Crippen molar-refractivity contribution in [2.24, 2.45) is 0 Å². The van der Waals surface area contributed by atoms with Crippen molar-refractivity contribution in [3.8, 4) is 0 Å². The molecule has 2 fully saturated rings. The molecule has 2 aliphatic rings. The number of aliphatic hydroxyl groups is 1. The number of rotatable bonds is 2. The van der Waals surface area contributed by atoms with E-state index in [0.29, 0.717) is 0 Å². The van der Waals surface area contributed by atoms with Gasteiger partial charge in [-0.15, -0.1) is 0 Å². The van der Waals surface area contributed by atoms with Crippen LogP contribution in [0.15, 0.2) is 0 Å². The second-order valence-corrected chi connectivity index (χ2v) is 3.67. The molecule has 1 aliphatic heterocycles. The van der Waals surface area contributed by atoms with Gasteiger partial charge < -0.3 is 5.11 Å². The average molecular weight is 155 g/mol. The molecule has 0 aromatic rings. The van der Waals surface area contributed by atoms with E-state index >= 15 is 0 Å². The Morgan fingerprint density at radius 1 is 1.27 bits per heavy atom. The highest BCUT2D eigenvalue weighted by atomic mass is 16.3. The van der Waals surface area contributed by atoms with Gasteiger partial charge in [0.05, 0.1) is 5.60 Å². The molecule has 1 aliphatic carbocycles. The maximum absolute atomic E-state index is 9.61. The topological polar surface area (TPSA) is 37.6 Å². The first kappa shape index (κ1) is 7.53. The third-order valence-electron chi connectivity index (χ3n) is 2.49. The summed E-state index contributed by atoms with van der Waals surface area (Å²) in [4.78, 5) is 2.32. The summed E-state index contributed by atoms with van der Waals surface area (Å²) in [6, 6.07) is 0. The largest absolute Gasteiger partial charge is 0.389 e. The quantitative estimate of drug-likeness (QED) is 0.580. The highest BCUT2D eigenvalue weighted by molar-refractivity contribution is 4.96. The fraction of sp³-hybridized carbons (Fsp3) is 1.00. The van der Waals surface area contributed by atoms with Gasteiger partial charge in [-0.05, 0) is 12.8 Å². The number of β-amino-alcohol motifs (C(OH)–C–C–N with tert-alkyl or cyclic N) is 1. The molecule has 63 valence electrons. The molecule has 0 spiro atoms. The van der Waals surface area contributed by atoms with Crippen molar-refractivity contribution in [3.05, 3.63) is 0 Å². The molecule has 3 heteroatoms. The van der Waals surface area contributed by atoms with E-state index in [-0.39, 0.29) is 5.60 Å². The fourth-order valence-corrected chi connectivity index (χ4v) is 1.52. The number of piperazine rings is 1. The van der Waals surface area contributed by atoms with Crippen molar-refractivity contribution in [1.29, 1.82) is 0 Å². The molecule has 0 atom stereocenters. The van der Waals surface area contributed by atoms with Gasteiger partial charge in [-0.2, -0.15) is 0 Å². The zero-order valence-electron chi connectivity index (χ0n) is 6.79. The van der Waals surface area contributed by atoms with Crippen LogP contribution in [-0.4, -0.2) is 48.3 Å². The molecule has 0 aromatic carbocycles. The molecule has 3 nitrogen and oxygen atoms in total. The van der Waals surface area contributed by atoms with Crippen molar-refractivity contribution in [1.82, 2.24) is 10.2 Å². The van der Waals surface area contributed by atoms with E-state index in [4.69, 9.17) is 0 Å². The van der Waals surface area contributed by atoms with Gasteiger partial charge in [-0.3, -0.25) is 4.90 Å². The normalized spacial score (nSPS) is 30.3. The first-order chi connectivity index (χ1) is 5.29. The van der Waals surface area contributed by atoms with Gasteiger partial charge >= 0.3 is 0 Å². The first-order valence-corrected chi connectivity index (χ1v) is 4.37. The lowest BCUT2D eigenvalue weighted by Gasteiger charge is -2.28. The van der Waals surface area contributed by atoms with Gasteiger partial charge in [0.1, 0.15) is 0 Å². The van der Waals surface area contributed by atoms with Crippen LogP contribution in [0.2, 0.25) is 0 Å². The van der Waals surface area contributed by atoms with E-state index in [1.807, 2.05) is 0 Å². The molecule has 2 rings (SSSR count). The molecule has 1 radical (unpaired) electrons. The Labute approximate surface area is 67.4 Å². The summed E-state index contributed by atoms with van der Waals surface area (Å²) in [5.41, 5.74) is -0.308. The highest BCUT2D eigenvalue weighted by Gasteiger charge is 2.41. The van der Waals surface area contributed by atoms with E-state index < -0.39 is 0 Å². The summed E-state index contributed by atoms with van der Waals surface area (Å²) in [6.45, 7) is 4.87. The minimum absolute atomic E-state index is 0.308. The maximum Gasteiger partial charge on any atom is 0.0776 e. The van der Waals surface area contributed by atoms with Gasteiger partial charge in [0.25, 0.3) is 0 Å². The molecule has 1 N–H and O–H groups in total. The third kappa shape index (κ3) is 1.92. The van der Waals surface area contributed by atoms with Crippen LogP contribution in [0.4, 0.5) is 0 Å². The lowest BCUT2D eigenvalue weighted by Crippen LogP contribution is -2.44. The molecule has 1 saturated heterocycles. The molecule has 1 heterocycles. The third-order valence-corrected chi connectivity index (χ3v) is 2.49. The molecule has 0 amide bonds. The van der Waals surface area contributed by atoms with Crippen molar-refractivity contribution in [3.63, 3.8) is 0 Å². The van der Waals surface area contributed by atoms with Crippen LogP contribution in [0, 0.1) is 0 Å². The fourth-order valence-electron chi connectivity index (χ4n) is 1.52. The summed E-state index contributed by atoms with van der Waals surface area (Å²) in [5.74, 6) is 0. The molecule has 0 aromatic heterocycles. The zero-order chi connectivity index (χ0) is 7.73. The minimum atomic E-state index is -0.308. The Balaban J connectivity index is 1.76. The van der Waals surface area contributed by atoms with Gasteiger partial charge in [-0.25, -0.2) is 5.32 Å². The summed E-state index contributed by atoms with van der Waals surface area (Å²) in [5, 5.41) is 13.9. The number of nitrogens with zero attached hydrogens (tertiary/aromatic N) is 2. The second kappa shape index (κ2) is 2.73. The zero-order valence-corrected chi connectivity index (χ0v) is 6.79. The van der Waals surface area contributed by atoms with E-state index in [0.717, 1.165) is 45.6 Å². The summed E-state index contributed by atoms with van der Waals surface area (Å²) in [7, 11) is 0. The lowest BCUT2D eigenvalue weighted by atomic mass is 10.2. The smallest absolute Gasteiger partial charge is 0.0776 e. The van der Waals surface area contributed by atoms with Gasteiger partial charge in [-0.1, -0.05) is 0 Å². The average Bonchev–Trinajstić information content (AvgIpc) is 2.70. The second-order valence-electron chi connectivity index (χ2n) is 3.67. The maximum atomic E-state index is 9.61. The van der Waals surface area contributed by atoms with Gasteiger partial charge in [0, 0.05) is 32.7 Å². The molecule has 0 unspecified atom stereocenters. The monoisotopic (exact) mass is 155 g/mol. The molecular formula is C8H15N2O. The van der Waals surface area contributed by atoms with Crippen LogP contribution in [0.5, 0.6) is 0 Å². The van der Waals surface area contributed by atoms with Crippen LogP contribution in [-0.2, 0) is 0 Å². The van der Waals surface area contributed by atoms with Crippen molar-refractivity contribution < 1.29 is 5.11 Å². The number of hydrogen-bond acceptors (Lipinski definition) is 2. The van der Waals surface area contributed by atoms with Crippen LogP contribution >= 0.6 is 0 Å². The predicted octanol–water partition coefficient (Wildman–Crippen LogP) is -0.569. The predicted molar refractivity (Wildman–Crippen MR) is 42.5 cm³/mol. The molecule has 1 saturated carbocycles. The van der Waals surface area contributed by atoms with Gasteiger partial charge in [0.2, 0.25) is 0 Å². The molecule has 11 heavy (non-hydrogen) atoms. The summed E-state index contributed by atoms with van der Waals surface area (Å²) >= 11 is 0. The highest BCUT2D eigenvalue weighted by Crippen LogP contribution is 2.35. The first-order valence-electron chi connectivity index (χ1n) is 4.37. The van der Waals surface area contributed by atoms with Crippen LogP contribution in [0.25, 0.3) is 0 Å². The van der Waals surface area contributed by atoms with E-state index in [1.165, 1.54) is 0 Å². The van der Waals surface area contributed by atoms with E-state index in [2.05, 4.69) is 10.2 Å². The number of hydrogen-bond donors (Lipinski definition) is 1. The Hall–Kier alpha value is -0.120. The summed E-state index contributed by atoms with van der Waals surface area (Å²) < 4.78 is 0. The Kier molecular flexibility index (Phi) is 1.87. The summed E-state index contributed by atoms with van der Waals surface area (Å²) in [6.07, 6.45) is 2.00. The Bertz CT molecular complexity index is 139. The van der Waals surface area contributed by atoms with Crippen molar-refractivity contribution in [2.75, 3.05) is 32.7 Å². The van der Waals surface area contributed by atoms with Crippen LogP contribution < -0.4 is 5.32 Å². The SMILES string of the molecule is OC1(CN2CC[N]CC2)CC1. The van der Waals surface area contributed by atoms with Crippen molar-refractivity contribution in [2.45, 2.75) is 18.4 Å². The standard InChI is InChI=1S/C8H15N2O/c11-8(1-2-8)7-10-5-3-9-4-6-10/h11H,1-7H2. The van der Waals surface area contributed by atoms with Crippen LogP contribution in [0.3, 0.4) is 0 Å².